The van der Waals surface area contributed by atoms with Crippen molar-refractivity contribution in [1.82, 2.24) is 4.90 Å². The van der Waals surface area contributed by atoms with E-state index in [1.807, 2.05) is 7.05 Å². The van der Waals surface area contributed by atoms with Gasteiger partial charge in [0.2, 0.25) is 0 Å². The molecule has 0 spiro atoms. The number of nitrogens with zero attached hydrogens (tertiary/aromatic N) is 1. The van der Waals surface area contributed by atoms with E-state index in [9.17, 15) is 9.90 Å². The lowest BCUT2D eigenvalue weighted by atomic mass is 9.74. The van der Waals surface area contributed by atoms with Crippen molar-refractivity contribution in [2.45, 2.75) is 39.0 Å². The van der Waals surface area contributed by atoms with E-state index in [-0.39, 0.29) is 0 Å². The zero-order valence-electron chi connectivity index (χ0n) is 9.25. The second kappa shape index (κ2) is 4.78. The molecule has 1 N–H and O–H groups in total. The fourth-order valence-corrected chi connectivity index (χ4v) is 2.30. The first kappa shape index (κ1) is 11.5. The molecule has 0 aromatic carbocycles. The molecule has 3 heteroatoms. The SMILES string of the molecule is CCN(C)CC1(C(=O)O)CCCCC1. The monoisotopic (exact) mass is 199 g/mol. The Hall–Kier alpha value is -0.570. The molecular formula is C11H21NO2. The molecule has 82 valence electrons. The summed E-state index contributed by atoms with van der Waals surface area (Å²) in [5, 5.41) is 9.31. The summed E-state index contributed by atoms with van der Waals surface area (Å²) >= 11 is 0. The van der Waals surface area contributed by atoms with Crippen LogP contribution in [0.25, 0.3) is 0 Å². The predicted molar refractivity (Wildman–Crippen MR) is 56.3 cm³/mol. The summed E-state index contributed by atoms with van der Waals surface area (Å²) in [6.45, 7) is 3.70. The highest BCUT2D eigenvalue weighted by Crippen LogP contribution is 2.37. The quantitative estimate of drug-likeness (QED) is 0.752. The average molecular weight is 199 g/mol. The van der Waals surface area contributed by atoms with E-state index in [4.69, 9.17) is 0 Å². The molecule has 0 bridgehead atoms. The fourth-order valence-electron chi connectivity index (χ4n) is 2.30. The van der Waals surface area contributed by atoms with Crippen molar-refractivity contribution in [2.24, 2.45) is 5.41 Å². The van der Waals surface area contributed by atoms with Crippen molar-refractivity contribution in [3.63, 3.8) is 0 Å². The Labute approximate surface area is 86.1 Å². The van der Waals surface area contributed by atoms with Crippen LogP contribution in [0.4, 0.5) is 0 Å². The highest BCUT2D eigenvalue weighted by atomic mass is 16.4. The number of carboxylic acids is 1. The van der Waals surface area contributed by atoms with Crippen LogP contribution in [0.3, 0.4) is 0 Å². The summed E-state index contributed by atoms with van der Waals surface area (Å²) in [6.07, 6.45) is 5.05. The lowest BCUT2D eigenvalue weighted by Gasteiger charge is -2.36. The number of carboxylic acid groups (broad SMARTS) is 1. The first-order valence-electron chi connectivity index (χ1n) is 5.53. The maximum absolute atomic E-state index is 11.3. The van der Waals surface area contributed by atoms with Crippen LogP contribution in [0.5, 0.6) is 0 Å². The van der Waals surface area contributed by atoms with Gasteiger partial charge in [0, 0.05) is 6.54 Å². The van der Waals surface area contributed by atoms with Crippen molar-refractivity contribution in [2.75, 3.05) is 20.1 Å². The average Bonchev–Trinajstić information content (AvgIpc) is 2.19. The number of hydrogen-bond donors (Lipinski definition) is 1. The predicted octanol–water partition coefficient (Wildman–Crippen LogP) is 1.97. The Morgan fingerprint density at radius 2 is 1.93 bits per heavy atom. The van der Waals surface area contributed by atoms with Crippen molar-refractivity contribution >= 4 is 5.97 Å². The minimum Gasteiger partial charge on any atom is -0.481 e. The van der Waals surface area contributed by atoms with Gasteiger partial charge >= 0.3 is 5.97 Å². The van der Waals surface area contributed by atoms with Crippen LogP contribution in [0.15, 0.2) is 0 Å². The lowest BCUT2D eigenvalue weighted by Crippen LogP contribution is -2.43. The molecular weight excluding hydrogens is 178 g/mol. The Morgan fingerprint density at radius 3 is 2.36 bits per heavy atom. The first-order chi connectivity index (χ1) is 6.60. The smallest absolute Gasteiger partial charge is 0.310 e. The second-order valence-corrected chi connectivity index (χ2v) is 4.48. The molecule has 0 atom stereocenters. The largest absolute Gasteiger partial charge is 0.481 e. The normalized spacial score (nSPS) is 21.1. The van der Waals surface area contributed by atoms with Crippen LogP contribution >= 0.6 is 0 Å². The molecule has 0 aromatic rings. The van der Waals surface area contributed by atoms with Gasteiger partial charge < -0.3 is 10.0 Å². The maximum Gasteiger partial charge on any atom is 0.310 e. The second-order valence-electron chi connectivity index (χ2n) is 4.48. The Kier molecular flexibility index (Phi) is 3.93. The van der Waals surface area contributed by atoms with Crippen molar-refractivity contribution in [3.05, 3.63) is 0 Å². The minimum atomic E-state index is -0.600. The molecule has 1 fully saturated rings. The van der Waals surface area contributed by atoms with E-state index in [1.165, 1.54) is 6.42 Å². The summed E-state index contributed by atoms with van der Waals surface area (Å²) in [7, 11) is 2.00. The molecule has 14 heavy (non-hydrogen) atoms. The van der Waals surface area contributed by atoms with E-state index in [0.717, 1.165) is 32.2 Å². The first-order valence-corrected chi connectivity index (χ1v) is 5.53. The molecule has 1 aliphatic rings. The van der Waals surface area contributed by atoms with Crippen LogP contribution in [0, 0.1) is 5.41 Å². The molecule has 0 heterocycles. The summed E-state index contributed by atoms with van der Waals surface area (Å²) in [5.74, 6) is -0.600. The van der Waals surface area contributed by atoms with E-state index in [0.29, 0.717) is 6.54 Å². The van der Waals surface area contributed by atoms with Crippen LogP contribution in [-0.4, -0.2) is 36.1 Å². The third-order valence-corrected chi connectivity index (χ3v) is 3.38. The zero-order valence-corrected chi connectivity index (χ0v) is 9.25. The van der Waals surface area contributed by atoms with Gasteiger partial charge in [0.1, 0.15) is 0 Å². The number of aliphatic carboxylic acids is 1. The van der Waals surface area contributed by atoms with Gasteiger partial charge in [-0.05, 0) is 26.4 Å². The van der Waals surface area contributed by atoms with Gasteiger partial charge in [-0.3, -0.25) is 4.79 Å². The summed E-state index contributed by atoms with van der Waals surface area (Å²) in [6, 6.07) is 0. The molecule has 0 aromatic heterocycles. The van der Waals surface area contributed by atoms with E-state index >= 15 is 0 Å². The number of carbonyl (C=O) groups is 1. The molecule has 0 amide bonds. The highest BCUT2D eigenvalue weighted by Gasteiger charge is 2.40. The lowest BCUT2D eigenvalue weighted by molar-refractivity contribution is -0.152. The van der Waals surface area contributed by atoms with Gasteiger partial charge in [0.15, 0.2) is 0 Å². The van der Waals surface area contributed by atoms with Gasteiger partial charge in [0.25, 0.3) is 0 Å². The van der Waals surface area contributed by atoms with E-state index in [1.54, 1.807) is 0 Å². The van der Waals surface area contributed by atoms with Gasteiger partial charge in [-0.2, -0.15) is 0 Å². The van der Waals surface area contributed by atoms with Crippen LogP contribution in [0.2, 0.25) is 0 Å². The topological polar surface area (TPSA) is 40.5 Å². The molecule has 1 rings (SSSR count). The molecule has 0 aliphatic heterocycles. The van der Waals surface area contributed by atoms with Gasteiger partial charge in [-0.15, -0.1) is 0 Å². The van der Waals surface area contributed by atoms with Crippen LogP contribution in [-0.2, 0) is 4.79 Å². The highest BCUT2D eigenvalue weighted by molar-refractivity contribution is 5.75. The van der Waals surface area contributed by atoms with Crippen molar-refractivity contribution < 1.29 is 9.90 Å². The number of rotatable bonds is 4. The van der Waals surface area contributed by atoms with Gasteiger partial charge in [-0.1, -0.05) is 26.2 Å². The number of hydrogen-bond acceptors (Lipinski definition) is 2. The molecule has 1 aliphatic carbocycles. The van der Waals surface area contributed by atoms with Crippen LogP contribution in [0.1, 0.15) is 39.0 Å². The van der Waals surface area contributed by atoms with Crippen molar-refractivity contribution in [3.8, 4) is 0 Å². The summed E-state index contributed by atoms with van der Waals surface area (Å²) in [5.41, 5.74) is -0.455. The van der Waals surface area contributed by atoms with Gasteiger partial charge in [-0.25, -0.2) is 0 Å². The van der Waals surface area contributed by atoms with Gasteiger partial charge in [0.05, 0.1) is 5.41 Å². The Bertz CT molecular complexity index is 197. The minimum absolute atomic E-state index is 0.455. The Balaban J connectivity index is 2.65. The van der Waals surface area contributed by atoms with Crippen LogP contribution < -0.4 is 0 Å². The fraction of sp³-hybridized carbons (Fsp3) is 0.909. The third kappa shape index (κ3) is 2.47. The standard InChI is InChI=1S/C11H21NO2/c1-3-12(2)9-11(10(13)14)7-5-4-6-8-11/h3-9H2,1-2H3,(H,13,14). The van der Waals surface area contributed by atoms with E-state index < -0.39 is 11.4 Å². The van der Waals surface area contributed by atoms with Crippen molar-refractivity contribution in [1.29, 1.82) is 0 Å². The summed E-state index contributed by atoms with van der Waals surface area (Å²) < 4.78 is 0. The molecule has 0 unspecified atom stereocenters. The molecule has 1 saturated carbocycles. The summed E-state index contributed by atoms with van der Waals surface area (Å²) in [4.78, 5) is 13.4. The maximum atomic E-state index is 11.3. The van der Waals surface area contributed by atoms with E-state index in [2.05, 4.69) is 11.8 Å². The third-order valence-electron chi connectivity index (χ3n) is 3.38. The molecule has 3 nitrogen and oxygen atoms in total. The Morgan fingerprint density at radius 1 is 1.36 bits per heavy atom. The molecule has 0 saturated heterocycles. The zero-order chi connectivity index (χ0) is 10.6. The molecule has 0 radical (unpaired) electrons.